The molecule has 0 spiro atoms. The molecule has 1 rings (SSSR count). The van der Waals surface area contributed by atoms with Crippen molar-refractivity contribution in [3.8, 4) is 0 Å². The highest BCUT2D eigenvalue weighted by Crippen LogP contribution is 2.25. The lowest BCUT2D eigenvalue weighted by Crippen LogP contribution is -2.52. The Morgan fingerprint density at radius 1 is 0.810 bits per heavy atom. The zero-order valence-electron chi connectivity index (χ0n) is 14.8. The Labute approximate surface area is 133 Å². The Hall–Kier alpha value is -0.0800. The van der Waals surface area contributed by atoms with E-state index in [2.05, 4.69) is 19.2 Å². The molecule has 0 atom stereocenters. The molecule has 2 heteroatoms. The lowest BCUT2D eigenvalue weighted by atomic mass is 9.85. The van der Waals surface area contributed by atoms with Crippen LogP contribution in [0.5, 0.6) is 0 Å². The van der Waals surface area contributed by atoms with Crippen molar-refractivity contribution in [1.82, 2.24) is 5.32 Å². The van der Waals surface area contributed by atoms with Crippen molar-refractivity contribution in [2.24, 2.45) is 11.7 Å². The third kappa shape index (κ3) is 7.65. The molecule has 1 aliphatic carbocycles. The van der Waals surface area contributed by atoms with E-state index in [-0.39, 0.29) is 5.54 Å². The zero-order valence-corrected chi connectivity index (χ0v) is 14.8. The zero-order chi connectivity index (χ0) is 15.4. The van der Waals surface area contributed by atoms with Gasteiger partial charge in [-0.25, -0.2) is 0 Å². The fraction of sp³-hybridized carbons (Fsp3) is 1.00. The van der Waals surface area contributed by atoms with Crippen LogP contribution in [0.3, 0.4) is 0 Å². The highest BCUT2D eigenvalue weighted by molar-refractivity contribution is 4.89. The molecule has 0 radical (unpaired) electrons. The lowest BCUT2D eigenvalue weighted by molar-refractivity contribution is 0.247. The molecule has 0 aromatic heterocycles. The number of hydrogen-bond donors (Lipinski definition) is 2. The quantitative estimate of drug-likeness (QED) is 0.722. The number of nitrogens with one attached hydrogen (secondary N) is 1. The molecule has 0 saturated heterocycles. The first-order chi connectivity index (χ1) is 10.3. The monoisotopic (exact) mass is 296 g/mol. The Morgan fingerprint density at radius 3 is 1.62 bits per heavy atom. The summed E-state index contributed by atoms with van der Waals surface area (Å²) < 4.78 is 0. The number of nitrogens with two attached hydrogens (primary N) is 1. The molecule has 1 saturated carbocycles. The van der Waals surface area contributed by atoms with Crippen LogP contribution in [0.1, 0.15) is 97.3 Å². The Morgan fingerprint density at radius 2 is 1.24 bits per heavy atom. The third-order valence-electron chi connectivity index (χ3n) is 5.62. The maximum absolute atomic E-state index is 6.23. The van der Waals surface area contributed by atoms with Crippen LogP contribution in [-0.2, 0) is 0 Å². The molecule has 0 heterocycles. The SMILES string of the molecule is CCC(CC)CNC1(CN)CCCCCCCCCCC1. The van der Waals surface area contributed by atoms with Gasteiger partial charge in [-0.15, -0.1) is 0 Å². The van der Waals surface area contributed by atoms with E-state index in [0.717, 1.165) is 19.0 Å². The van der Waals surface area contributed by atoms with E-state index in [4.69, 9.17) is 5.73 Å². The second-order valence-corrected chi connectivity index (χ2v) is 7.23. The molecule has 1 aliphatic rings. The second kappa shape index (κ2) is 11.5. The molecule has 0 amide bonds. The van der Waals surface area contributed by atoms with Crippen LogP contribution in [-0.4, -0.2) is 18.6 Å². The van der Waals surface area contributed by atoms with Crippen LogP contribution < -0.4 is 11.1 Å². The van der Waals surface area contributed by atoms with Crippen molar-refractivity contribution in [3.05, 3.63) is 0 Å². The highest BCUT2D eigenvalue weighted by atomic mass is 15.0. The first-order valence-corrected chi connectivity index (χ1v) is 9.71. The van der Waals surface area contributed by atoms with E-state index < -0.39 is 0 Å². The molecule has 126 valence electrons. The molecule has 3 N–H and O–H groups in total. The van der Waals surface area contributed by atoms with Gasteiger partial charge in [0, 0.05) is 12.1 Å². The summed E-state index contributed by atoms with van der Waals surface area (Å²) in [6.45, 7) is 6.59. The van der Waals surface area contributed by atoms with Crippen molar-refractivity contribution in [3.63, 3.8) is 0 Å². The summed E-state index contributed by atoms with van der Waals surface area (Å²) in [5.41, 5.74) is 6.45. The standard InChI is InChI=1S/C19H40N2/c1-3-18(4-2)16-21-19(17-20)14-12-10-8-6-5-7-9-11-13-15-19/h18,21H,3-17,20H2,1-2H3. The predicted octanol–water partition coefficient (Wildman–Crippen LogP) is 5.01. The summed E-state index contributed by atoms with van der Waals surface area (Å²) in [6.07, 6.45) is 17.8. The van der Waals surface area contributed by atoms with Gasteiger partial charge in [0.2, 0.25) is 0 Å². The van der Waals surface area contributed by atoms with Crippen LogP contribution in [0.2, 0.25) is 0 Å². The van der Waals surface area contributed by atoms with E-state index in [0.29, 0.717) is 0 Å². The van der Waals surface area contributed by atoms with Gasteiger partial charge in [0.15, 0.2) is 0 Å². The van der Waals surface area contributed by atoms with Gasteiger partial charge in [-0.05, 0) is 25.3 Å². The van der Waals surface area contributed by atoms with Gasteiger partial charge in [-0.1, -0.05) is 84.5 Å². The fourth-order valence-corrected chi connectivity index (χ4v) is 3.68. The maximum atomic E-state index is 6.23. The van der Waals surface area contributed by atoms with Gasteiger partial charge < -0.3 is 11.1 Å². The van der Waals surface area contributed by atoms with Crippen LogP contribution >= 0.6 is 0 Å². The summed E-state index contributed by atoms with van der Waals surface area (Å²) in [6, 6.07) is 0. The van der Waals surface area contributed by atoms with Gasteiger partial charge >= 0.3 is 0 Å². The van der Waals surface area contributed by atoms with Gasteiger partial charge in [0.1, 0.15) is 0 Å². The van der Waals surface area contributed by atoms with E-state index >= 15 is 0 Å². The second-order valence-electron chi connectivity index (χ2n) is 7.23. The molecule has 2 nitrogen and oxygen atoms in total. The Balaban J connectivity index is 2.53. The molecule has 0 bridgehead atoms. The molecule has 0 unspecified atom stereocenters. The van der Waals surface area contributed by atoms with Crippen LogP contribution in [0.25, 0.3) is 0 Å². The predicted molar refractivity (Wildman–Crippen MR) is 94.6 cm³/mol. The van der Waals surface area contributed by atoms with Gasteiger partial charge in [-0.2, -0.15) is 0 Å². The first kappa shape index (κ1) is 19.0. The van der Waals surface area contributed by atoms with E-state index in [1.54, 1.807) is 0 Å². The average molecular weight is 297 g/mol. The Kier molecular flexibility index (Phi) is 10.4. The lowest BCUT2D eigenvalue weighted by Gasteiger charge is -2.36. The van der Waals surface area contributed by atoms with Crippen LogP contribution in [0.4, 0.5) is 0 Å². The largest absolute Gasteiger partial charge is 0.329 e. The Bertz CT molecular complexity index is 224. The molecular formula is C19H40N2. The summed E-state index contributed by atoms with van der Waals surface area (Å²) in [5, 5.41) is 3.91. The fourth-order valence-electron chi connectivity index (χ4n) is 3.68. The summed E-state index contributed by atoms with van der Waals surface area (Å²) in [5.74, 6) is 0.815. The summed E-state index contributed by atoms with van der Waals surface area (Å²) in [4.78, 5) is 0. The normalized spacial score (nSPS) is 21.7. The van der Waals surface area contributed by atoms with Crippen LogP contribution in [0.15, 0.2) is 0 Å². The number of rotatable bonds is 6. The minimum Gasteiger partial charge on any atom is -0.329 e. The van der Waals surface area contributed by atoms with Crippen molar-refractivity contribution in [2.45, 2.75) is 103 Å². The van der Waals surface area contributed by atoms with Crippen molar-refractivity contribution >= 4 is 0 Å². The van der Waals surface area contributed by atoms with E-state index in [1.165, 1.54) is 83.5 Å². The van der Waals surface area contributed by atoms with Gasteiger partial charge in [-0.3, -0.25) is 0 Å². The smallest absolute Gasteiger partial charge is 0.0304 e. The molecule has 0 aromatic carbocycles. The average Bonchev–Trinajstić information content (AvgIpc) is 2.50. The summed E-state index contributed by atoms with van der Waals surface area (Å²) in [7, 11) is 0. The topological polar surface area (TPSA) is 38.0 Å². The third-order valence-corrected chi connectivity index (χ3v) is 5.62. The highest BCUT2D eigenvalue weighted by Gasteiger charge is 2.27. The molecular weight excluding hydrogens is 256 g/mol. The molecule has 1 fully saturated rings. The van der Waals surface area contributed by atoms with Crippen molar-refractivity contribution < 1.29 is 0 Å². The molecule has 0 aliphatic heterocycles. The van der Waals surface area contributed by atoms with Gasteiger partial charge in [0.05, 0.1) is 0 Å². The first-order valence-electron chi connectivity index (χ1n) is 9.71. The molecule has 21 heavy (non-hydrogen) atoms. The van der Waals surface area contributed by atoms with E-state index in [1.807, 2.05) is 0 Å². The van der Waals surface area contributed by atoms with Crippen molar-refractivity contribution in [2.75, 3.05) is 13.1 Å². The van der Waals surface area contributed by atoms with Gasteiger partial charge in [0.25, 0.3) is 0 Å². The minimum atomic E-state index is 0.224. The maximum Gasteiger partial charge on any atom is 0.0304 e. The summed E-state index contributed by atoms with van der Waals surface area (Å²) >= 11 is 0. The van der Waals surface area contributed by atoms with Crippen molar-refractivity contribution in [1.29, 1.82) is 0 Å². The van der Waals surface area contributed by atoms with E-state index in [9.17, 15) is 0 Å². The minimum absolute atomic E-state index is 0.224. The van der Waals surface area contributed by atoms with Crippen LogP contribution in [0, 0.1) is 5.92 Å². The molecule has 0 aromatic rings. The number of hydrogen-bond acceptors (Lipinski definition) is 2.